The third kappa shape index (κ3) is 3.32. The number of carbonyl (C=O) groups excluding carboxylic acids is 1. The smallest absolute Gasteiger partial charge is 0.270 e. The summed E-state index contributed by atoms with van der Waals surface area (Å²) in [6, 6.07) is 0.908. The van der Waals surface area contributed by atoms with E-state index in [-0.39, 0.29) is 29.1 Å². The summed E-state index contributed by atoms with van der Waals surface area (Å²) in [5.74, 6) is 0.790. The maximum absolute atomic E-state index is 12.3. The number of aromatic nitrogens is 2. The summed E-state index contributed by atoms with van der Waals surface area (Å²) in [6.07, 6.45) is 4.01. The number of rotatable bonds is 5. The van der Waals surface area contributed by atoms with Gasteiger partial charge in [0.1, 0.15) is 11.5 Å². The molecule has 1 aromatic heterocycles. The van der Waals surface area contributed by atoms with Gasteiger partial charge in [-0.2, -0.15) is 0 Å². The fraction of sp³-hybridized carbons (Fsp3) is 0.667. The van der Waals surface area contributed by atoms with Gasteiger partial charge in [-0.1, -0.05) is 0 Å². The zero-order valence-corrected chi connectivity index (χ0v) is 12.3. The van der Waals surface area contributed by atoms with Crippen molar-refractivity contribution >= 4 is 5.91 Å². The van der Waals surface area contributed by atoms with Crippen LogP contribution in [-0.2, 0) is 0 Å². The molecule has 1 atom stereocenters. The maximum atomic E-state index is 12.3. The molecule has 21 heavy (non-hydrogen) atoms. The van der Waals surface area contributed by atoms with Gasteiger partial charge in [0.25, 0.3) is 11.5 Å². The molecule has 2 aliphatic carbocycles. The van der Waals surface area contributed by atoms with Crippen LogP contribution in [0.2, 0.25) is 0 Å². The summed E-state index contributed by atoms with van der Waals surface area (Å²) in [7, 11) is 0. The number of nitrogens with one attached hydrogen (secondary N) is 2. The first-order valence-electron chi connectivity index (χ1n) is 7.49. The second-order valence-electron chi connectivity index (χ2n) is 6.73. The summed E-state index contributed by atoms with van der Waals surface area (Å²) in [5.41, 5.74) is -1.16. The van der Waals surface area contributed by atoms with Gasteiger partial charge >= 0.3 is 0 Å². The highest BCUT2D eigenvalue weighted by Crippen LogP contribution is 2.38. The van der Waals surface area contributed by atoms with Gasteiger partial charge < -0.3 is 15.4 Å². The Hall–Kier alpha value is -1.69. The van der Waals surface area contributed by atoms with Crippen molar-refractivity contribution in [2.75, 3.05) is 0 Å². The van der Waals surface area contributed by atoms with E-state index in [4.69, 9.17) is 0 Å². The van der Waals surface area contributed by atoms with Gasteiger partial charge in [0.2, 0.25) is 0 Å². The predicted octanol–water partition coefficient (Wildman–Crippen LogP) is 0.927. The lowest BCUT2D eigenvalue weighted by atomic mass is 9.94. The molecule has 0 bridgehead atoms. The quantitative estimate of drug-likeness (QED) is 0.752. The number of carbonyl (C=O) groups is 1. The molecule has 0 aliphatic heterocycles. The summed E-state index contributed by atoms with van der Waals surface area (Å²) >= 11 is 0. The fourth-order valence-corrected chi connectivity index (χ4v) is 2.66. The van der Waals surface area contributed by atoms with Crippen LogP contribution >= 0.6 is 0 Å². The monoisotopic (exact) mass is 291 g/mol. The zero-order valence-electron chi connectivity index (χ0n) is 12.3. The van der Waals surface area contributed by atoms with Crippen molar-refractivity contribution in [1.82, 2.24) is 15.3 Å². The van der Waals surface area contributed by atoms with Crippen molar-refractivity contribution in [3.63, 3.8) is 0 Å². The van der Waals surface area contributed by atoms with Crippen molar-refractivity contribution in [1.29, 1.82) is 0 Å². The standard InChI is InChI=1S/C15H21N3O3/c1-15(2,21)12(8-3-4-8)18-14(20)10-7-11(19)17-13(16-10)9-5-6-9/h7-9,12,21H,3-6H2,1-2H3,(H,18,20)(H,16,17,19). The molecule has 6 nitrogen and oxygen atoms in total. The predicted molar refractivity (Wildman–Crippen MR) is 77.1 cm³/mol. The molecule has 3 rings (SSSR count). The molecular formula is C15H21N3O3. The molecule has 114 valence electrons. The number of H-pyrrole nitrogens is 1. The summed E-state index contributed by atoms with van der Waals surface area (Å²) in [6.45, 7) is 3.38. The average Bonchev–Trinajstić information content (AvgIpc) is 3.27. The first-order valence-corrected chi connectivity index (χ1v) is 7.49. The van der Waals surface area contributed by atoms with E-state index in [1.807, 2.05) is 0 Å². The SMILES string of the molecule is CC(C)(O)C(NC(=O)c1cc(=O)[nH]c(C2CC2)n1)C1CC1. The highest BCUT2D eigenvalue weighted by Gasteiger charge is 2.41. The van der Waals surface area contributed by atoms with Gasteiger partial charge in [-0.3, -0.25) is 9.59 Å². The topological polar surface area (TPSA) is 95.1 Å². The number of aliphatic hydroxyl groups is 1. The van der Waals surface area contributed by atoms with E-state index >= 15 is 0 Å². The summed E-state index contributed by atoms with van der Waals surface area (Å²) in [5, 5.41) is 13.0. The second kappa shape index (κ2) is 4.94. The molecule has 2 fully saturated rings. The van der Waals surface area contributed by atoms with Crippen LogP contribution in [0.4, 0.5) is 0 Å². The minimum Gasteiger partial charge on any atom is -0.388 e. The molecule has 6 heteroatoms. The van der Waals surface area contributed by atoms with E-state index in [1.165, 1.54) is 6.07 Å². The zero-order chi connectivity index (χ0) is 15.2. The van der Waals surface area contributed by atoms with Crippen molar-refractivity contribution in [3.8, 4) is 0 Å². The minimum atomic E-state index is -0.989. The molecule has 0 radical (unpaired) electrons. The molecule has 2 aliphatic rings. The van der Waals surface area contributed by atoms with Gasteiger partial charge in [0.15, 0.2) is 0 Å². The molecule has 1 unspecified atom stereocenters. The van der Waals surface area contributed by atoms with Crippen molar-refractivity contribution in [2.45, 2.75) is 57.1 Å². The molecule has 1 aromatic rings. The molecule has 2 saturated carbocycles. The summed E-state index contributed by atoms with van der Waals surface area (Å²) < 4.78 is 0. The molecule has 1 amide bonds. The van der Waals surface area contributed by atoms with Gasteiger partial charge in [0, 0.05) is 12.0 Å². The Morgan fingerprint density at radius 3 is 2.62 bits per heavy atom. The van der Waals surface area contributed by atoms with E-state index in [0.717, 1.165) is 25.7 Å². The number of aromatic amines is 1. The van der Waals surface area contributed by atoms with E-state index in [0.29, 0.717) is 11.7 Å². The maximum Gasteiger partial charge on any atom is 0.270 e. The third-order valence-corrected chi connectivity index (χ3v) is 4.10. The van der Waals surface area contributed by atoms with Crippen LogP contribution in [0.15, 0.2) is 10.9 Å². The Bertz CT molecular complexity index is 609. The Morgan fingerprint density at radius 1 is 1.43 bits per heavy atom. The van der Waals surface area contributed by atoms with Crippen LogP contribution in [0.25, 0.3) is 0 Å². The number of amides is 1. The van der Waals surface area contributed by atoms with Gasteiger partial charge in [-0.05, 0) is 45.4 Å². The Morgan fingerprint density at radius 2 is 2.10 bits per heavy atom. The Labute approximate surface area is 123 Å². The molecule has 0 saturated heterocycles. The fourth-order valence-electron chi connectivity index (χ4n) is 2.66. The van der Waals surface area contributed by atoms with Crippen LogP contribution in [0, 0.1) is 5.92 Å². The first-order chi connectivity index (χ1) is 9.84. The second-order valence-corrected chi connectivity index (χ2v) is 6.73. The average molecular weight is 291 g/mol. The number of nitrogens with zero attached hydrogens (tertiary/aromatic N) is 1. The molecule has 0 spiro atoms. The largest absolute Gasteiger partial charge is 0.388 e. The third-order valence-electron chi connectivity index (χ3n) is 4.10. The van der Waals surface area contributed by atoms with E-state index in [2.05, 4.69) is 15.3 Å². The lowest BCUT2D eigenvalue weighted by molar-refractivity contribution is 0.0274. The summed E-state index contributed by atoms with van der Waals surface area (Å²) in [4.78, 5) is 30.9. The van der Waals surface area contributed by atoms with Gasteiger partial charge in [0.05, 0.1) is 11.6 Å². The first kappa shape index (κ1) is 14.3. The van der Waals surface area contributed by atoms with Crippen molar-refractivity contribution < 1.29 is 9.90 Å². The van der Waals surface area contributed by atoms with Crippen LogP contribution < -0.4 is 10.9 Å². The van der Waals surface area contributed by atoms with Crippen LogP contribution in [0.5, 0.6) is 0 Å². The highest BCUT2D eigenvalue weighted by atomic mass is 16.3. The Balaban J connectivity index is 1.79. The lowest BCUT2D eigenvalue weighted by Gasteiger charge is -2.30. The van der Waals surface area contributed by atoms with E-state index in [1.54, 1.807) is 13.8 Å². The lowest BCUT2D eigenvalue weighted by Crippen LogP contribution is -2.51. The number of hydrogen-bond acceptors (Lipinski definition) is 4. The van der Waals surface area contributed by atoms with Crippen LogP contribution in [-0.4, -0.2) is 32.6 Å². The van der Waals surface area contributed by atoms with E-state index in [9.17, 15) is 14.7 Å². The van der Waals surface area contributed by atoms with Gasteiger partial charge in [-0.25, -0.2) is 4.98 Å². The highest BCUT2D eigenvalue weighted by molar-refractivity contribution is 5.92. The molecular weight excluding hydrogens is 270 g/mol. The number of hydrogen-bond donors (Lipinski definition) is 3. The molecule has 1 heterocycles. The normalized spacial score (nSPS) is 20.1. The molecule has 0 aromatic carbocycles. The Kier molecular flexibility index (Phi) is 3.36. The van der Waals surface area contributed by atoms with Crippen molar-refractivity contribution in [3.05, 3.63) is 27.9 Å². The minimum absolute atomic E-state index is 0.135. The van der Waals surface area contributed by atoms with Gasteiger partial charge in [-0.15, -0.1) is 0 Å². The van der Waals surface area contributed by atoms with Crippen LogP contribution in [0.1, 0.15) is 61.8 Å². The molecule has 3 N–H and O–H groups in total. The van der Waals surface area contributed by atoms with E-state index < -0.39 is 5.60 Å². The van der Waals surface area contributed by atoms with Crippen LogP contribution in [0.3, 0.4) is 0 Å². The van der Waals surface area contributed by atoms with Crippen molar-refractivity contribution in [2.24, 2.45) is 5.92 Å².